The van der Waals surface area contributed by atoms with Crippen molar-refractivity contribution in [1.29, 1.82) is 0 Å². The summed E-state index contributed by atoms with van der Waals surface area (Å²) in [4.78, 5) is 12.1. The first-order chi connectivity index (χ1) is 10.5. The summed E-state index contributed by atoms with van der Waals surface area (Å²) in [6.45, 7) is 3.52. The Balaban J connectivity index is 1.95. The second-order valence-corrected chi connectivity index (χ2v) is 4.84. The lowest BCUT2D eigenvalue weighted by Crippen LogP contribution is -2.44. The average molecular weight is 322 g/mol. The molecule has 0 spiro atoms. The molecular weight excluding hydrogens is 307 g/mol. The Morgan fingerprint density at radius 3 is 2.77 bits per heavy atom. The SMILES string of the molecule is CCc1noc(C)c1C(=O)NNC(=S)Nc1ccccc1F. The Morgan fingerprint density at radius 1 is 1.36 bits per heavy atom. The van der Waals surface area contributed by atoms with E-state index in [1.54, 1.807) is 19.1 Å². The number of amides is 1. The van der Waals surface area contributed by atoms with Crippen molar-refractivity contribution in [2.24, 2.45) is 0 Å². The number of hydrazine groups is 1. The first kappa shape index (κ1) is 15.9. The Kier molecular flexibility index (Phi) is 5.05. The summed E-state index contributed by atoms with van der Waals surface area (Å²) in [7, 11) is 0. The minimum atomic E-state index is -0.443. The second kappa shape index (κ2) is 6.99. The molecule has 0 radical (unpaired) electrons. The van der Waals surface area contributed by atoms with E-state index in [1.807, 2.05) is 6.92 Å². The molecule has 8 heteroatoms. The van der Waals surface area contributed by atoms with Crippen molar-refractivity contribution >= 4 is 28.9 Å². The van der Waals surface area contributed by atoms with Crippen LogP contribution in [0.15, 0.2) is 28.8 Å². The van der Waals surface area contributed by atoms with Crippen LogP contribution in [-0.2, 0) is 6.42 Å². The maximum atomic E-state index is 13.5. The monoisotopic (exact) mass is 322 g/mol. The Bertz CT molecular complexity index is 702. The number of halogens is 1. The molecule has 2 aromatic rings. The predicted molar refractivity (Wildman–Crippen MR) is 83.8 cm³/mol. The molecule has 0 atom stereocenters. The van der Waals surface area contributed by atoms with Gasteiger partial charge in [0.1, 0.15) is 17.1 Å². The average Bonchev–Trinajstić information content (AvgIpc) is 2.88. The molecule has 3 N–H and O–H groups in total. The summed E-state index contributed by atoms with van der Waals surface area (Å²) in [6.07, 6.45) is 0.567. The fraction of sp³-hybridized carbons (Fsp3) is 0.214. The summed E-state index contributed by atoms with van der Waals surface area (Å²) in [5.41, 5.74) is 6.07. The molecule has 0 aliphatic rings. The van der Waals surface area contributed by atoms with Crippen molar-refractivity contribution in [2.75, 3.05) is 5.32 Å². The lowest BCUT2D eigenvalue weighted by atomic mass is 10.1. The highest BCUT2D eigenvalue weighted by atomic mass is 32.1. The van der Waals surface area contributed by atoms with Gasteiger partial charge in [-0.1, -0.05) is 24.2 Å². The lowest BCUT2D eigenvalue weighted by molar-refractivity contribution is 0.0942. The Hall–Kier alpha value is -2.48. The van der Waals surface area contributed by atoms with E-state index in [0.717, 1.165) is 0 Å². The van der Waals surface area contributed by atoms with Crippen LogP contribution in [0, 0.1) is 12.7 Å². The Labute approximate surface area is 132 Å². The van der Waals surface area contributed by atoms with Crippen LogP contribution in [0.5, 0.6) is 0 Å². The molecule has 0 saturated heterocycles. The van der Waals surface area contributed by atoms with E-state index in [-0.39, 0.29) is 10.8 Å². The minimum Gasteiger partial charge on any atom is -0.361 e. The van der Waals surface area contributed by atoms with Crippen molar-refractivity contribution in [3.05, 3.63) is 47.1 Å². The van der Waals surface area contributed by atoms with E-state index < -0.39 is 11.7 Å². The smallest absolute Gasteiger partial charge is 0.275 e. The van der Waals surface area contributed by atoms with Gasteiger partial charge >= 0.3 is 0 Å². The predicted octanol–water partition coefficient (Wildman–Crippen LogP) is 2.32. The molecule has 0 unspecified atom stereocenters. The number of hydrogen-bond donors (Lipinski definition) is 3. The maximum Gasteiger partial charge on any atom is 0.275 e. The van der Waals surface area contributed by atoms with Crippen molar-refractivity contribution in [1.82, 2.24) is 16.0 Å². The van der Waals surface area contributed by atoms with Gasteiger partial charge in [0.05, 0.1) is 11.4 Å². The zero-order valence-electron chi connectivity index (χ0n) is 12.1. The molecule has 0 aliphatic carbocycles. The third-order valence-electron chi connectivity index (χ3n) is 2.91. The number of anilines is 1. The Morgan fingerprint density at radius 2 is 2.09 bits per heavy atom. The standard InChI is InChI=1S/C14H15FN4O2S/c1-3-10-12(8(2)21-19-10)13(20)17-18-14(22)16-11-7-5-4-6-9(11)15/h4-7H,3H2,1-2H3,(H,17,20)(H2,16,18,22). The molecule has 1 aromatic carbocycles. The molecule has 1 aromatic heterocycles. The van der Waals surface area contributed by atoms with Crippen LogP contribution in [0.3, 0.4) is 0 Å². The largest absolute Gasteiger partial charge is 0.361 e. The molecule has 22 heavy (non-hydrogen) atoms. The number of carbonyl (C=O) groups is 1. The number of para-hydroxylation sites is 1. The molecule has 116 valence electrons. The first-order valence-electron chi connectivity index (χ1n) is 6.60. The lowest BCUT2D eigenvalue weighted by Gasteiger charge is -2.12. The van der Waals surface area contributed by atoms with Gasteiger partial charge in [0.2, 0.25) is 0 Å². The molecule has 6 nitrogen and oxygen atoms in total. The highest BCUT2D eigenvalue weighted by Crippen LogP contribution is 2.14. The summed E-state index contributed by atoms with van der Waals surface area (Å²) in [6, 6.07) is 6.07. The van der Waals surface area contributed by atoms with Crippen molar-refractivity contribution < 1.29 is 13.7 Å². The fourth-order valence-corrected chi connectivity index (χ4v) is 2.00. The zero-order valence-corrected chi connectivity index (χ0v) is 12.9. The fourth-order valence-electron chi connectivity index (χ4n) is 1.84. The number of aromatic nitrogens is 1. The van der Waals surface area contributed by atoms with Gasteiger partial charge in [-0.25, -0.2) is 4.39 Å². The summed E-state index contributed by atoms with van der Waals surface area (Å²) in [5, 5.41) is 6.51. The van der Waals surface area contributed by atoms with Gasteiger partial charge in [0, 0.05) is 0 Å². The number of benzene rings is 1. The molecule has 0 saturated carbocycles. The van der Waals surface area contributed by atoms with Crippen LogP contribution in [0.4, 0.5) is 10.1 Å². The molecule has 1 heterocycles. The summed E-state index contributed by atoms with van der Waals surface area (Å²) < 4.78 is 18.5. The third kappa shape index (κ3) is 3.59. The van der Waals surface area contributed by atoms with Gasteiger partial charge in [-0.2, -0.15) is 0 Å². The molecule has 0 fully saturated rings. The van der Waals surface area contributed by atoms with Gasteiger partial charge in [0.25, 0.3) is 5.91 Å². The van der Waals surface area contributed by atoms with E-state index in [1.165, 1.54) is 12.1 Å². The summed E-state index contributed by atoms with van der Waals surface area (Å²) >= 11 is 4.99. The van der Waals surface area contributed by atoms with Gasteiger partial charge in [-0.3, -0.25) is 15.6 Å². The van der Waals surface area contributed by atoms with E-state index in [9.17, 15) is 9.18 Å². The van der Waals surface area contributed by atoms with Crippen molar-refractivity contribution in [2.45, 2.75) is 20.3 Å². The van der Waals surface area contributed by atoms with Crippen LogP contribution < -0.4 is 16.2 Å². The normalized spacial score (nSPS) is 10.1. The van der Waals surface area contributed by atoms with Gasteiger partial charge in [-0.15, -0.1) is 0 Å². The zero-order chi connectivity index (χ0) is 16.1. The minimum absolute atomic E-state index is 0.0607. The molecule has 1 amide bonds. The van der Waals surface area contributed by atoms with Crippen LogP contribution in [0.2, 0.25) is 0 Å². The number of aryl methyl sites for hydroxylation is 2. The van der Waals surface area contributed by atoms with Gasteiger partial charge in [-0.05, 0) is 37.7 Å². The van der Waals surface area contributed by atoms with Crippen molar-refractivity contribution in [3.8, 4) is 0 Å². The maximum absolute atomic E-state index is 13.5. The van der Waals surface area contributed by atoms with E-state index in [0.29, 0.717) is 23.4 Å². The molecule has 0 bridgehead atoms. The first-order valence-corrected chi connectivity index (χ1v) is 7.00. The number of nitrogens with one attached hydrogen (secondary N) is 3. The number of nitrogens with zero attached hydrogens (tertiary/aromatic N) is 1. The molecular formula is C14H15FN4O2S. The quantitative estimate of drug-likeness (QED) is 0.594. The molecule has 0 aliphatic heterocycles. The number of rotatable bonds is 3. The van der Waals surface area contributed by atoms with Gasteiger partial charge < -0.3 is 9.84 Å². The van der Waals surface area contributed by atoms with Crippen LogP contribution >= 0.6 is 12.2 Å². The third-order valence-corrected chi connectivity index (χ3v) is 3.11. The number of thiocarbonyl (C=S) groups is 1. The second-order valence-electron chi connectivity index (χ2n) is 4.43. The van der Waals surface area contributed by atoms with E-state index >= 15 is 0 Å². The van der Waals surface area contributed by atoms with E-state index in [2.05, 4.69) is 21.3 Å². The van der Waals surface area contributed by atoms with E-state index in [4.69, 9.17) is 16.7 Å². The number of hydrogen-bond acceptors (Lipinski definition) is 4. The van der Waals surface area contributed by atoms with Crippen LogP contribution in [0.25, 0.3) is 0 Å². The topological polar surface area (TPSA) is 79.2 Å². The van der Waals surface area contributed by atoms with Gasteiger partial charge in [0.15, 0.2) is 5.11 Å². The van der Waals surface area contributed by atoms with Crippen LogP contribution in [-0.4, -0.2) is 16.2 Å². The number of carbonyl (C=O) groups excluding carboxylic acids is 1. The highest BCUT2D eigenvalue weighted by molar-refractivity contribution is 7.80. The van der Waals surface area contributed by atoms with Crippen molar-refractivity contribution in [3.63, 3.8) is 0 Å². The molecule has 2 rings (SSSR count). The van der Waals surface area contributed by atoms with Crippen LogP contribution in [0.1, 0.15) is 28.7 Å². The highest BCUT2D eigenvalue weighted by Gasteiger charge is 2.19. The summed E-state index contributed by atoms with van der Waals surface area (Å²) in [5.74, 6) is -0.446.